The molecule has 1 heterocycles. The van der Waals surface area contributed by atoms with Gasteiger partial charge in [0.05, 0.1) is 0 Å². The summed E-state index contributed by atoms with van der Waals surface area (Å²) in [4.78, 5) is 24.4. The number of nitrogens with zero attached hydrogens (tertiary/aromatic N) is 2. The van der Waals surface area contributed by atoms with E-state index < -0.39 is 5.25 Å². The van der Waals surface area contributed by atoms with E-state index in [0.717, 1.165) is 22.5 Å². The Morgan fingerprint density at radius 3 is 2.65 bits per heavy atom. The second kappa shape index (κ2) is 8.03. The molecule has 1 unspecified atom stereocenters. The maximum absolute atomic E-state index is 12.3. The van der Waals surface area contributed by atoms with Gasteiger partial charge in [0.25, 0.3) is 0 Å². The van der Waals surface area contributed by atoms with Crippen LogP contribution in [0.1, 0.15) is 45.2 Å². The first kappa shape index (κ1) is 20.2. The summed E-state index contributed by atoms with van der Waals surface area (Å²) in [5.41, 5.74) is 3.70. The molecule has 140 valence electrons. The normalized spacial score (nSPS) is 19.6. The lowest BCUT2D eigenvalue weighted by Gasteiger charge is -2.16. The average Bonchev–Trinajstić information content (AvgIpc) is 2.88. The van der Waals surface area contributed by atoms with Crippen LogP contribution in [-0.2, 0) is 9.59 Å². The summed E-state index contributed by atoms with van der Waals surface area (Å²) >= 11 is 1.24. The Balaban J connectivity index is 1.99. The quantitative estimate of drug-likeness (QED) is 0.623. The summed E-state index contributed by atoms with van der Waals surface area (Å²) in [5, 5.41) is 13.8. The second-order valence-electron chi connectivity index (χ2n) is 7.44. The summed E-state index contributed by atoms with van der Waals surface area (Å²) in [6, 6.07) is 5.75. The molecule has 2 N–H and O–H groups in total. The highest BCUT2D eigenvalue weighted by Gasteiger charge is 2.32. The maximum atomic E-state index is 12.3. The molecular formula is C19H26N4O2S. The number of hydrogen-bond donors (Lipinski definition) is 2. The molecule has 1 aromatic rings. The van der Waals surface area contributed by atoms with Gasteiger partial charge in [0.1, 0.15) is 5.25 Å². The Morgan fingerprint density at radius 1 is 1.31 bits per heavy atom. The lowest BCUT2D eigenvalue weighted by Crippen LogP contribution is -2.28. The van der Waals surface area contributed by atoms with Gasteiger partial charge in [-0.05, 0) is 38.0 Å². The van der Waals surface area contributed by atoms with Gasteiger partial charge in [-0.25, -0.2) is 0 Å². The van der Waals surface area contributed by atoms with Crippen LogP contribution in [0.3, 0.4) is 0 Å². The molecule has 1 aliphatic rings. The molecule has 0 aliphatic carbocycles. The number of anilines is 1. The molecule has 1 fully saturated rings. The highest BCUT2D eigenvalue weighted by atomic mass is 32.2. The molecule has 0 saturated carbocycles. The fourth-order valence-corrected chi connectivity index (χ4v) is 3.03. The summed E-state index contributed by atoms with van der Waals surface area (Å²) in [5.74, 6) is -0.407. The van der Waals surface area contributed by atoms with Gasteiger partial charge in [0.15, 0.2) is 5.17 Å². The molecule has 7 heteroatoms. The van der Waals surface area contributed by atoms with Gasteiger partial charge < -0.3 is 10.6 Å². The van der Waals surface area contributed by atoms with Crippen molar-refractivity contribution < 1.29 is 9.59 Å². The van der Waals surface area contributed by atoms with Crippen molar-refractivity contribution in [2.45, 2.75) is 53.2 Å². The number of thioether (sulfide) groups is 1. The molecule has 0 radical (unpaired) electrons. The minimum absolute atomic E-state index is 0.0810. The number of amidine groups is 1. The molecule has 1 aliphatic heterocycles. The van der Waals surface area contributed by atoms with Gasteiger partial charge in [0, 0.05) is 23.2 Å². The van der Waals surface area contributed by atoms with Gasteiger partial charge in [-0.15, -0.1) is 5.10 Å². The highest BCUT2D eigenvalue weighted by Crippen LogP contribution is 2.24. The number of carbonyl (C=O) groups excluding carboxylic acids is 2. The van der Waals surface area contributed by atoms with Crippen LogP contribution < -0.4 is 10.6 Å². The third kappa shape index (κ3) is 5.17. The number of nitrogens with one attached hydrogen (secondary N) is 2. The predicted octanol–water partition coefficient (Wildman–Crippen LogP) is 3.64. The van der Waals surface area contributed by atoms with E-state index in [0.29, 0.717) is 5.17 Å². The van der Waals surface area contributed by atoms with Crippen molar-refractivity contribution >= 4 is 40.1 Å². The standard InChI is InChI=1S/C19H26N4O2S/c1-11-8-7-9-14(12(11)2)20-16(24)10-15-17(25)21-18(26-15)23-22-13(3)19(4,5)6/h7-9,15H,10H2,1-6H3,(H,20,24)(H,21,23,25)/b22-13+. The predicted molar refractivity (Wildman–Crippen MR) is 109 cm³/mol. The smallest absolute Gasteiger partial charge is 0.240 e. The van der Waals surface area contributed by atoms with Gasteiger partial charge >= 0.3 is 0 Å². The molecule has 0 aromatic heterocycles. The second-order valence-corrected chi connectivity index (χ2v) is 8.63. The third-order valence-corrected chi connectivity index (χ3v) is 5.47. The Labute approximate surface area is 158 Å². The molecule has 2 rings (SSSR count). The molecule has 26 heavy (non-hydrogen) atoms. The zero-order chi connectivity index (χ0) is 19.5. The van der Waals surface area contributed by atoms with E-state index in [2.05, 4.69) is 20.8 Å². The summed E-state index contributed by atoms with van der Waals surface area (Å²) < 4.78 is 0. The van der Waals surface area contributed by atoms with Crippen LogP contribution in [-0.4, -0.2) is 27.9 Å². The van der Waals surface area contributed by atoms with Crippen LogP contribution in [0.25, 0.3) is 0 Å². The zero-order valence-corrected chi connectivity index (χ0v) is 17.0. The van der Waals surface area contributed by atoms with Crippen LogP contribution in [0.4, 0.5) is 5.69 Å². The Hall–Kier alpha value is -2.15. The molecule has 1 saturated heterocycles. The number of amides is 2. The van der Waals surface area contributed by atoms with Gasteiger partial charge in [-0.3, -0.25) is 9.59 Å². The number of benzene rings is 1. The van der Waals surface area contributed by atoms with Crippen LogP contribution >= 0.6 is 11.8 Å². The third-order valence-electron chi connectivity index (χ3n) is 4.40. The molecule has 1 aromatic carbocycles. The maximum Gasteiger partial charge on any atom is 0.240 e. The van der Waals surface area contributed by atoms with Crippen LogP contribution in [0.2, 0.25) is 0 Å². The van der Waals surface area contributed by atoms with Crippen molar-refractivity contribution in [3.8, 4) is 0 Å². The Morgan fingerprint density at radius 2 is 2.00 bits per heavy atom. The molecule has 2 amide bonds. The van der Waals surface area contributed by atoms with Crippen LogP contribution in [0.5, 0.6) is 0 Å². The first-order valence-corrected chi connectivity index (χ1v) is 9.42. The van der Waals surface area contributed by atoms with E-state index in [1.54, 1.807) is 0 Å². The largest absolute Gasteiger partial charge is 0.326 e. The van der Waals surface area contributed by atoms with Gasteiger partial charge in [0.2, 0.25) is 11.8 Å². The zero-order valence-electron chi connectivity index (χ0n) is 16.1. The van der Waals surface area contributed by atoms with E-state index in [1.807, 2.05) is 59.7 Å². The van der Waals surface area contributed by atoms with Crippen molar-refractivity contribution in [3.05, 3.63) is 29.3 Å². The van der Waals surface area contributed by atoms with Crippen LogP contribution in [0.15, 0.2) is 28.4 Å². The van der Waals surface area contributed by atoms with Crippen molar-refractivity contribution in [2.24, 2.45) is 15.6 Å². The summed E-state index contributed by atoms with van der Waals surface area (Å²) in [7, 11) is 0. The number of aryl methyl sites for hydroxylation is 1. The average molecular weight is 375 g/mol. The van der Waals surface area contributed by atoms with Crippen molar-refractivity contribution in [1.82, 2.24) is 5.32 Å². The monoisotopic (exact) mass is 374 g/mol. The highest BCUT2D eigenvalue weighted by molar-refractivity contribution is 8.15. The molecule has 0 bridgehead atoms. The number of hydrogen-bond acceptors (Lipinski definition) is 5. The first-order valence-electron chi connectivity index (χ1n) is 8.54. The van der Waals surface area contributed by atoms with E-state index in [1.165, 1.54) is 11.8 Å². The minimum Gasteiger partial charge on any atom is -0.326 e. The van der Waals surface area contributed by atoms with E-state index in [9.17, 15) is 9.59 Å². The van der Waals surface area contributed by atoms with E-state index in [-0.39, 0.29) is 23.7 Å². The summed E-state index contributed by atoms with van der Waals surface area (Å²) in [6.45, 7) is 12.0. The fraction of sp³-hybridized carbons (Fsp3) is 0.474. The number of rotatable bonds is 4. The van der Waals surface area contributed by atoms with Gasteiger partial charge in [-0.2, -0.15) is 5.10 Å². The molecule has 0 spiro atoms. The SMILES string of the molecule is C/C(=N\N=C1\NC(=O)C(CC(=O)Nc2cccc(C)c2C)S1)C(C)(C)C. The van der Waals surface area contributed by atoms with E-state index >= 15 is 0 Å². The van der Waals surface area contributed by atoms with Crippen molar-refractivity contribution in [3.63, 3.8) is 0 Å². The van der Waals surface area contributed by atoms with Crippen molar-refractivity contribution in [2.75, 3.05) is 5.32 Å². The Bertz CT molecular complexity index is 778. The Kier molecular flexibility index (Phi) is 6.23. The molecule has 1 atom stereocenters. The van der Waals surface area contributed by atoms with Crippen LogP contribution in [0, 0.1) is 19.3 Å². The fourth-order valence-electron chi connectivity index (χ4n) is 2.11. The molecule has 6 nitrogen and oxygen atoms in total. The lowest BCUT2D eigenvalue weighted by molar-refractivity contribution is -0.122. The van der Waals surface area contributed by atoms with Gasteiger partial charge in [-0.1, -0.05) is 44.7 Å². The first-order chi connectivity index (χ1) is 12.1. The van der Waals surface area contributed by atoms with E-state index in [4.69, 9.17) is 0 Å². The minimum atomic E-state index is -0.496. The summed E-state index contributed by atoms with van der Waals surface area (Å²) in [6.07, 6.45) is 0.0882. The number of carbonyl (C=O) groups is 2. The van der Waals surface area contributed by atoms with Crippen molar-refractivity contribution in [1.29, 1.82) is 0 Å². The lowest BCUT2D eigenvalue weighted by atomic mass is 9.91. The molecular weight excluding hydrogens is 348 g/mol. The topological polar surface area (TPSA) is 82.9 Å².